The molecule has 0 saturated heterocycles. The fourth-order valence-electron chi connectivity index (χ4n) is 2.66. The lowest BCUT2D eigenvalue weighted by molar-refractivity contribution is 0.353. The van der Waals surface area contributed by atoms with Gasteiger partial charge in [-0.25, -0.2) is 9.97 Å². The summed E-state index contributed by atoms with van der Waals surface area (Å²) in [5.41, 5.74) is 2.71. The highest BCUT2D eigenvalue weighted by Crippen LogP contribution is 2.39. The van der Waals surface area contributed by atoms with Crippen molar-refractivity contribution in [2.24, 2.45) is 5.92 Å². The Morgan fingerprint density at radius 1 is 1.09 bits per heavy atom. The van der Waals surface area contributed by atoms with E-state index in [0.717, 1.165) is 15.7 Å². The van der Waals surface area contributed by atoms with Gasteiger partial charge >= 0.3 is 0 Å². The highest BCUT2D eigenvalue weighted by atomic mass is 79.9. The molecule has 0 spiro atoms. The lowest BCUT2D eigenvalue weighted by atomic mass is 9.71. The molecule has 0 aliphatic heterocycles. The van der Waals surface area contributed by atoms with Crippen LogP contribution in [0.15, 0.2) is 58.0 Å². The minimum absolute atomic E-state index is 0.238. The molecule has 5 heteroatoms. The van der Waals surface area contributed by atoms with Crippen molar-refractivity contribution in [1.29, 1.82) is 0 Å². The molecule has 0 fully saturated rings. The molecule has 0 saturated carbocycles. The van der Waals surface area contributed by atoms with Crippen LogP contribution in [0.25, 0.3) is 11.3 Å². The number of nitrogens with zero attached hydrogens (tertiary/aromatic N) is 3. The molecule has 1 atom stereocenters. The minimum Gasteiger partial charge on any atom is -0.356 e. The topological polar surface area (TPSA) is 51.8 Å². The first-order valence-corrected chi connectivity index (χ1v) is 8.29. The van der Waals surface area contributed by atoms with E-state index < -0.39 is 0 Å². The number of rotatable bonds is 4. The Kier molecular flexibility index (Phi) is 4.31. The maximum Gasteiger partial charge on any atom is 0.170 e. The Hall–Kier alpha value is -2.01. The number of hydrogen-bond donors (Lipinski definition) is 0. The van der Waals surface area contributed by atoms with Gasteiger partial charge < -0.3 is 4.52 Å². The van der Waals surface area contributed by atoms with E-state index in [1.54, 1.807) is 12.4 Å². The molecule has 0 aliphatic carbocycles. The molecule has 0 N–H and O–H groups in total. The van der Waals surface area contributed by atoms with E-state index in [1.165, 1.54) is 11.9 Å². The normalized spacial score (nSPS) is 14.0. The summed E-state index contributed by atoms with van der Waals surface area (Å²) in [5, 5.41) is 4.34. The van der Waals surface area contributed by atoms with Gasteiger partial charge in [-0.3, -0.25) is 0 Å². The third kappa shape index (κ3) is 2.93. The van der Waals surface area contributed by atoms with Crippen LogP contribution in [-0.2, 0) is 5.41 Å². The standard InChI is InChI=1S/C18H18BrN3O/c1-12(2)18(3,14-4-6-15(19)7-5-14)17-8-16(23-22-17)13-9-20-11-21-10-13/h4-12H,1-3H3. The Bertz CT molecular complexity index is 784. The molecule has 3 aromatic rings. The molecule has 4 nitrogen and oxygen atoms in total. The smallest absolute Gasteiger partial charge is 0.170 e. The molecular formula is C18H18BrN3O. The SMILES string of the molecule is CC(C)C(C)(c1ccc(Br)cc1)c1cc(-c2cncnc2)on1. The summed E-state index contributed by atoms with van der Waals surface area (Å²) in [6.45, 7) is 6.59. The summed E-state index contributed by atoms with van der Waals surface area (Å²) < 4.78 is 6.62. The van der Waals surface area contributed by atoms with Crippen LogP contribution in [0.4, 0.5) is 0 Å². The van der Waals surface area contributed by atoms with Gasteiger partial charge in [-0.05, 0) is 30.5 Å². The van der Waals surface area contributed by atoms with E-state index >= 15 is 0 Å². The Labute approximate surface area is 144 Å². The van der Waals surface area contributed by atoms with Crippen molar-refractivity contribution in [3.63, 3.8) is 0 Å². The van der Waals surface area contributed by atoms with Gasteiger partial charge in [-0.15, -0.1) is 0 Å². The molecule has 2 heterocycles. The molecule has 0 aliphatic rings. The first-order chi connectivity index (χ1) is 11.0. The zero-order valence-electron chi connectivity index (χ0n) is 13.3. The molecule has 1 aromatic carbocycles. The lowest BCUT2D eigenvalue weighted by Gasteiger charge is -2.32. The van der Waals surface area contributed by atoms with Gasteiger partial charge in [-0.2, -0.15) is 0 Å². The lowest BCUT2D eigenvalue weighted by Crippen LogP contribution is -2.30. The predicted molar refractivity (Wildman–Crippen MR) is 93.0 cm³/mol. The maximum absolute atomic E-state index is 5.55. The van der Waals surface area contributed by atoms with Gasteiger partial charge in [0, 0.05) is 28.3 Å². The number of aromatic nitrogens is 3. The van der Waals surface area contributed by atoms with Crippen molar-refractivity contribution in [2.75, 3.05) is 0 Å². The first-order valence-electron chi connectivity index (χ1n) is 7.50. The first kappa shape index (κ1) is 15.9. The van der Waals surface area contributed by atoms with Crippen LogP contribution in [0.2, 0.25) is 0 Å². The van der Waals surface area contributed by atoms with E-state index in [0.29, 0.717) is 11.7 Å². The van der Waals surface area contributed by atoms with Crippen LogP contribution in [0.5, 0.6) is 0 Å². The Balaban J connectivity index is 2.06. The highest BCUT2D eigenvalue weighted by molar-refractivity contribution is 9.10. The van der Waals surface area contributed by atoms with Crippen molar-refractivity contribution in [1.82, 2.24) is 15.1 Å². The van der Waals surface area contributed by atoms with E-state index in [9.17, 15) is 0 Å². The second kappa shape index (κ2) is 6.24. The van der Waals surface area contributed by atoms with Crippen LogP contribution in [-0.4, -0.2) is 15.1 Å². The molecule has 0 radical (unpaired) electrons. The summed E-state index contributed by atoms with van der Waals surface area (Å²) in [5.74, 6) is 1.04. The van der Waals surface area contributed by atoms with Crippen LogP contribution in [0.1, 0.15) is 32.0 Å². The minimum atomic E-state index is -0.238. The average molecular weight is 372 g/mol. The molecule has 2 aromatic heterocycles. The summed E-state index contributed by atoms with van der Waals surface area (Å²) in [4.78, 5) is 8.06. The quantitative estimate of drug-likeness (QED) is 0.657. The molecule has 23 heavy (non-hydrogen) atoms. The van der Waals surface area contributed by atoms with Gasteiger partial charge in [0.05, 0.1) is 11.3 Å². The van der Waals surface area contributed by atoms with Crippen molar-refractivity contribution in [3.05, 3.63) is 64.8 Å². The fraction of sp³-hybridized carbons (Fsp3) is 0.278. The van der Waals surface area contributed by atoms with Crippen LogP contribution in [0, 0.1) is 5.92 Å². The van der Waals surface area contributed by atoms with Crippen molar-refractivity contribution < 1.29 is 4.52 Å². The van der Waals surface area contributed by atoms with E-state index in [4.69, 9.17) is 4.52 Å². The third-order valence-corrected chi connectivity index (χ3v) is 5.01. The molecular weight excluding hydrogens is 354 g/mol. The largest absolute Gasteiger partial charge is 0.356 e. The van der Waals surface area contributed by atoms with Gasteiger partial charge in [0.1, 0.15) is 6.33 Å². The van der Waals surface area contributed by atoms with Gasteiger partial charge in [-0.1, -0.05) is 47.1 Å². The molecule has 1 unspecified atom stereocenters. The predicted octanol–water partition coefficient (Wildman–Crippen LogP) is 4.86. The second-order valence-corrected chi connectivity index (χ2v) is 6.98. The number of benzene rings is 1. The maximum atomic E-state index is 5.55. The fourth-order valence-corrected chi connectivity index (χ4v) is 2.92. The van der Waals surface area contributed by atoms with Gasteiger partial charge in [0.2, 0.25) is 0 Å². The zero-order valence-corrected chi connectivity index (χ0v) is 14.9. The highest BCUT2D eigenvalue weighted by Gasteiger charge is 2.35. The van der Waals surface area contributed by atoms with Crippen molar-refractivity contribution >= 4 is 15.9 Å². The monoisotopic (exact) mass is 371 g/mol. The molecule has 0 amide bonds. The van der Waals surface area contributed by atoms with Crippen LogP contribution in [0.3, 0.4) is 0 Å². The third-order valence-electron chi connectivity index (χ3n) is 4.49. The molecule has 3 rings (SSSR count). The summed E-state index contributed by atoms with van der Waals surface area (Å²) in [7, 11) is 0. The molecule has 0 bridgehead atoms. The summed E-state index contributed by atoms with van der Waals surface area (Å²) in [6, 6.07) is 10.4. The van der Waals surface area contributed by atoms with E-state index in [2.05, 4.69) is 76.1 Å². The van der Waals surface area contributed by atoms with Crippen molar-refractivity contribution in [2.45, 2.75) is 26.2 Å². The van der Waals surface area contributed by atoms with E-state index in [1.807, 2.05) is 6.07 Å². The second-order valence-electron chi connectivity index (χ2n) is 6.07. The Morgan fingerprint density at radius 2 is 1.74 bits per heavy atom. The summed E-state index contributed by atoms with van der Waals surface area (Å²) in [6.07, 6.45) is 4.95. The number of halogens is 1. The number of hydrogen-bond acceptors (Lipinski definition) is 4. The Morgan fingerprint density at radius 3 is 2.35 bits per heavy atom. The van der Waals surface area contributed by atoms with Crippen LogP contribution >= 0.6 is 15.9 Å². The van der Waals surface area contributed by atoms with E-state index in [-0.39, 0.29) is 5.41 Å². The average Bonchev–Trinajstić information content (AvgIpc) is 3.06. The van der Waals surface area contributed by atoms with Gasteiger partial charge in [0.25, 0.3) is 0 Å². The summed E-state index contributed by atoms with van der Waals surface area (Å²) >= 11 is 3.49. The van der Waals surface area contributed by atoms with Gasteiger partial charge in [0.15, 0.2) is 5.76 Å². The van der Waals surface area contributed by atoms with Crippen LogP contribution < -0.4 is 0 Å². The zero-order chi connectivity index (χ0) is 16.4. The molecule has 118 valence electrons. The van der Waals surface area contributed by atoms with Crippen molar-refractivity contribution in [3.8, 4) is 11.3 Å².